The summed E-state index contributed by atoms with van der Waals surface area (Å²) in [6.45, 7) is 8.48. The maximum absolute atomic E-state index is 13.4. The van der Waals surface area contributed by atoms with E-state index in [0.29, 0.717) is 36.1 Å². The molecule has 14 heteroatoms. The van der Waals surface area contributed by atoms with Gasteiger partial charge in [0.2, 0.25) is 11.8 Å². The van der Waals surface area contributed by atoms with E-state index in [-0.39, 0.29) is 35.7 Å². The van der Waals surface area contributed by atoms with Gasteiger partial charge < -0.3 is 40.2 Å². The van der Waals surface area contributed by atoms with Crippen molar-refractivity contribution in [3.05, 3.63) is 70.8 Å². The van der Waals surface area contributed by atoms with Crippen LogP contribution in [0.5, 0.6) is 0 Å². The molecule has 5 rings (SSSR count). The van der Waals surface area contributed by atoms with Crippen LogP contribution in [0.15, 0.2) is 36.7 Å². The number of aromatic amines is 2. The fourth-order valence-electron chi connectivity index (χ4n) is 6.39. The summed E-state index contributed by atoms with van der Waals surface area (Å²) in [6, 6.07) is 5.46. The van der Waals surface area contributed by atoms with E-state index in [2.05, 4.69) is 54.3 Å². The van der Waals surface area contributed by atoms with Gasteiger partial charge in [-0.3, -0.25) is 9.59 Å². The van der Waals surface area contributed by atoms with Gasteiger partial charge in [-0.1, -0.05) is 39.5 Å². The topological polar surface area (TPSA) is 186 Å². The number of carbonyl (C=O) groups excluding carboxylic acids is 3. The Kier molecular flexibility index (Phi) is 11.7. The Bertz CT molecular complexity index is 1860. The molecule has 2 aliphatic heterocycles. The average molecular weight is 697 g/mol. The van der Waals surface area contributed by atoms with Gasteiger partial charge in [0.05, 0.1) is 31.6 Å². The van der Waals surface area contributed by atoms with Crippen molar-refractivity contribution in [2.75, 3.05) is 20.2 Å². The molecule has 2 aliphatic rings. The van der Waals surface area contributed by atoms with Crippen LogP contribution in [-0.4, -0.2) is 91.1 Å². The Morgan fingerprint density at radius 3 is 1.59 bits per heavy atom. The van der Waals surface area contributed by atoms with Crippen LogP contribution in [0.2, 0.25) is 0 Å². The Morgan fingerprint density at radius 2 is 1.20 bits per heavy atom. The molecule has 5 N–H and O–H groups in total. The lowest BCUT2D eigenvalue weighted by atomic mass is 10.0. The zero-order valence-corrected chi connectivity index (χ0v) is 29.4. The van der Waals surface area contributed by atoms with Crippen LogP contribution in [0.1, 0.15) is 99.6 Å². The lowest BCUT2D eigenvalue weighted by Gasteiger charge is -2.29. The van der Waals surface area contributed by atoms with E-state index in [1.165, 1.54) is 7.11 Å². The fourth-order valence-corrected chi connectivity index (χ4v) is 6.39. The summed E-state index contributed by atoms with van der Waals surface area (Å²) in [5.74, 6) is 13.0. The number of methoxy groups -OCH3 is 1. The van der Waals surface area contributed by atoms with Gasteiger partial charge in [-0.05, 0) is 73.6 Å². The summed E-state index contributed by atoms with van der Waals surface area (Å²) < 4.78 is 4.71. The number of ether oxygens (including phenoxy) is 1. The number of hydrogen-bond acceptors (Lipinski definition) is 7. The molecule has 4 amide bonds. The lowest BCUT2D eigenvalue weighted by Crippen LogP contribution is -2.51. The first-order valence-electron chi connectivity index (χ1n) is 17.1. The summed E-state index contributed by atoms with van der Waals surface area (Å²) >= 11 is 0. The number of amides is 4. The molecule has 0 saturated carbocycles. The molecule has 14 nitrogen and oxygen atoms in total. The first kappa shape index (κ1) is 36.5. The van der Waals surface area contributed by atoms with Crippen LogP contribution < -0.4 is 10.6 Å². The molecule has 51 heavy (non-hydrogen) atoms. The van der Waals surface area contributed by atoms with Gasteiger partial charge in [0.1, 0.15) is 35.1 Å². The highest BCUT2D eigenvalue weighted by Crippen LogP contribution is 2.32. The van der Waals surface area contributed by atoms with Crippen molar-refractivity contribution in [1.82, 2.24) is 40.4 Å². The van der Waals surface area contributed by atoms with E-state index in [1.54, 1.807) is 22.2 Å². The van der Waals surface area contributed by atoms with Gasteiger partial charge in [0.25, 0.3) is 0 Å². The minimum Gasteiger partial charge on any atom is -0.465 e. The minimum atomic E-state index is -1.23. The van der Waals surface area contributed by atoms with Crippen LogP contribution >= 0.6 is 0 Å². The van der Waals surface area contributed by atoms with Crippen LogP contribution in [0.3, 0.4) is 0 Å². The normalized spacial score (nSPS) is 18.0. The van der Waals surface area contributed by atoms with Gasteiger partial charge in [-0.25, -0.2) is 19.6 Å². The second-order valence-corrected chi connectivity index (χ2v) is 13.3. The molecule has 2 aromatic heterocycles. The molecule has 2 fully saturated rings. The molecule has 2 saturated heterocycles. The fraction of sp³-hybridized carbons (Fsp3) is 0.459. The Morgan fingerprint density at radius 1 is 0.765 bits per heavy atom. The van der Waals surface area contributed by atoms with Gasteiger partial charge in [-0.15, -0.1) is 0 Å². The third kappa shape index (κ3) is 8.89. The number of likely N-dealkylation sites (tertiary alicyclic amines) is 2. The average Bonchev–Trinajstić information content (AvgIpc) is 3.93. The maximum atomic E-state index is 13.4. The van der Waals surface area contributed by atoms with Crippen molar-refractivity contribution < 1.29 is 29.0 Å². The highest BCUT2D eigenvalue weighted by Gasteiger charge is 2.38. The second-order valence-electron chi connectivity index (χ2n) is 13.3. The van der Waals surface area contributed by atoms with Crippen molar-refractivity contribution in [3.63, 3.8) is 0 Å². The summed E-state index contributed by atoms with van der Waals surface area (Å²) in [4.78, 5) is 68.7. The standard InChI is InChI=1S/C37H44N8O6/c1-22(2)30(42-36(48)49)34(46)44-18-6-8-28(44)32-38-20-26(40-32)16-14-24-10-12-25(13-11-24)15-17-27-21-39-33(41-27)29-9-7-19-45(29)35(47)31(23(3)4)43-37(50)51-5/h10-13,20-23,28-31,42H,6-9,18-19H2,1-5H3,(H,38,40)(H,39,41)(H,43,50)(H,48,49)/t28-,29?,30-,31-/m0/s1. The molecular weight excluding hydrogens is 652 g/mol. The van der Waals surface area contributed by atoms with Gasteiger partial charge in [0.15, 0.2) is 0 Å². The van der Waals surface area contributed by atoms with Crippen LogP contribution in [0, 0.1) is 35.5 Å². The van der Waals surface area contributed by atoms with E-state index in [4.69, 9.17) is 4.74 Å². The van der Waals surface area contributed by atoms with Crippen LogP contribution in [-0.2, 0) is 14.3 Å². The first-order chi connectivity index (χ1) is 24.4. The minimum absolute atomic E-state index is 0.118. The van der Waals surface area contributed by atoms with Crippen molar-refractivity contribution in [2.24, 2.45) is 11.8 Å². The molecule has 4 heterocycles. The largest absolute Gasteiger partial charge is 0.465 e. The summed E-state index contributed by atoms with van der Waals surface area (Å²) in [5, 5.41) is 14.2. The van der Waals surface area contributed by atoms with E-state index < -0.39 is 24.3 Å². The second kappa shape index (κ2) is 16.3. The molecule has 0 aliphatic carbocycles. The number of aromatic nitrogens is 4. The maximum Gasteiger partial charge on any atom is 0.407 e. The molecule has 1 unspecified atom stereocenters. The van der Waals surface area contributed by atoms with Gasteiger partial charge >= 0.3 is 12.2 Å². The van der Waals surface area contributed by atoms with E-state index in [0.717, 1.165) is 36.8 Å². The van der Waals surface area contributed by atoms with Crippen molar-refractivity contribution >= 4 is 24.0 Å². The number of carbonyl (C=O) groups is 4. The zero-order chi connectivity index (χ0) is 36.7. The quantitative estimate of drug-likeness (QED) is 0.219. The molecule has 268 valence electrons. The third-order valence-corrected chi connectivity index (χ3v) is 9.07. The number of nitrogens with one attached hydrogen (secondary N) is 4. The summed E-state index contributed by atoms with van der Waals surface area (Å²) in [6.07, 6.45) is 4.52. The van der Waals surface area contributed by atoms with Crippen LogP contribution in [0.4, 0.5) is 9.59 Å². The number of hydrogen-bond donors (Lipinski definition) is 5. The van der Waals surface area contributed by atoms with Gasteiger partial charge in [0, 0.05) is 24.2 Å². The smallest absolute Gasteiger partial charge is 0.407 e. The zero-order valence-electron chi connectivity index (χ0n) is 29.4. The number of H-pyrrole nitrogens is 2. The molecule has 1 aromatic carbocycles. The SMILES string of the molecule is COC(=O)N[C@H](C(=O)N1CCCC1c1ncc(C#Cc2ccc(C#Cc3cnc([C@@H]4CCCN4C(=O)[C@@H](NC(=O)O)C(C)C)[nH]3)cc2)[nH]1)C(C)C. The summed E-state index contributed by atoms with van der Waals surface area (Å²) in [7, 11) is 1.27. The number of carboxylic acid groups (broad SMARTS) is 1. The third-order valence-electron chi connectivity index (χ3n) is 9.07. The summed E-state index contributed by atoms with van der Waals surface area (Å²) in [5.41, 5.74) is 2.80. The predicted molar refractivity (Wildman–Crippen MR) is 187 cm³/mol. The van der Waals surface area contributed by atoms with Crippen LogP contribution in [0.25, 0.3) is 0 Å². The molecule has 0 bridgehead atoms. The molecule has 0 radical (unpaired) electrons. The number of rotatable bonds is 8. The highest BCUT2D eigenvalue weighted by molar-refractivity contribution is 5.87. The number of benzene rings is 1. The number of alkyl carbamates (subject to hydrolysis) is 1. The number of imidazole rings is 2. The Hall–Kier alpha value is -5.76. The van der Waals surface area contributed by atoms with E-state index >= 15 is 0 Å². The molecular formula is C37H44N8O6. The molecule has 4 atom stereocenters. The van der Waals surface area contributed by atoms with Crippen molar-refractivity contribution in [1.29, 1.82) is 0 Å². The molecule has 0 spiro atoms. The van der Waals surface area contributed by atoms with Crippen molar-refractivity contribution in [3.8, 4) is 23.7 Å². The van der Waals surface area contributed by atoms with Crippen molar-refractivity contribution in [2.45, 2.75) is 77.5 Å². The predicted octanol–water partition coefficient (Wildman–Crippen LogP) is 3.93. The first-order valence-corrected chi connectivity index (χ1v) is 17.1. The van der Waals surface area contributed by atoms with E-state index in [1.807, 2.05) is 52.0 Å². The van der Waals surface area contributed by atoms with Gasteiger partial charge in [-0.2, -0.15) is 0 Å². The highest BCUT2D eigenvalue weighted by atomic mass is 16.5. The Labute approximate surface area is 297 Å². The molecule has 3 aromatic rings. The Balaban J connectivity index is 1.20. The number of nitrogens with zero attached hydrogens (tertiary/aromatic N) is 4. The monoisotopic (exact) mass is 696 g/mol. The van der Waals surface area contributed by atoms with E-state index in [9.17, 15) is 24.3 Å². The lowest BCUT2D eigenvalue weighted by molar-refractivity contribution is -0.136.